The zero-order valence-corrected chi connectivity index (χ0v) is 16.4. The third-order valence-electron chi connectivity index (χ3n) is 5.68. The lowest BCUT2D eigenvalue weighted by atomic mass is 9.70. The molecule has 1 fully saturated rings. The molecule has 0 unspecified atom stereocenters. The van der Waals surface area contributed by atoms with Crippen molar-refractivity contribution < 1.29 is 28.3 Å². The molecule has 0 saturated carbocycles. The second-order valence-corrected chi connectivity index (χ2v) is 7.21. The first-order chi connectivity index (χ1) is 14.3. The minimum absolute atomic E-state index is 0.0102. The quantitative estimate of drug-likeness (QED) is 0.438. The predicted molar refractivity (Wildman–Crippen MR) is 105 cm³/mol. The van der Waals surface area contributed by atoms with Gasteiger partial charge in [0.1, 0.15) is 5.82 Å². The molecule has 1 saturated heterocycles. The fraction of sp³-hybridized carbons (Fsp3) is 0.273. The molecular weight excluding hydrogens is 391 g/mol. The fourth-order valence-electron chi connectivity index (χ4n) is 4.34. The Kier molecular flexibility index (Phi) is 4.64. The van der Waals surface area contributed by atoms with Crippen molar-refractivity contribution in [1.29, 1.82) is 0 Å². The summed E-state index contributed by atoms with van der Waals surface area (Å²) in [6.45, 7) is 1.61. The minimum atomic E-state index is -1.96. The number of fused-ring (bicyclic) bond motifs is 1. The highest BCUT2D eigenvalue weighted by Gasteiger charge is 2.66. The van der Waals surface area contributed by atoms with Gasteiger partial charge in [-0.15, -0.1) is 0 Å². The maximum absolute atomic E-state index is 13.4. The number of anilines is 2. The Morgan fingerprint density at radius 1 is 1.13 bits per heavy atom. The largest absolute Gasteiger partial charge is 0.465 e. The van der Waals surface area contributed by atoms with E-state index in [0.29, 0.717) is 11.3 Å². The molecule has 2 aliphatic rings. The zero-order valence-electron chi connectivity index (χ0n) is 16.4. The second-order valence-electron chi connectivity index (χ2n) is 7.21. The number of halogens is 1. The molecule has 2 heterocycles. The third kappa shape index (κ3) is 2.56. The Labute approximate surface area is 172 Å². The van der Waals surface area contributed by atoms with Gasteiger partial charge in [0.05, 0.1) is 18.2 Å². The summed E-state index contributed by atoms with van der Waals surface area (Å²) in [5.74, 6) is -4.53. The van der Waals surface area contributed by atoms with E-state index in [4.69, 9.17) is 4.74 Å². The molecule has 7 nitrogen and oxygen atoms in total. The maximum atomic E-state index is 13.4. The third-order valence-corrected chi connectivity index (χ3v) is 5.68. The highest BCUT2D eigenvalue weighted by Crippen LogP contribution is 2.50. The fourth-order valence-corrected chi connectivity index (χ4v) is 4.34. The summed E-state index contributed by atoms with van der Waals surface area (Å²) in [5, 5.41) is 0. The van der Waals surface area contributed by atoms with E-state index in [-0.39, 0.29) is 18.7 Å². The van der Waals surface area contributed by atoms with Crippen LogP contribution in [0.2, 0.25) is 0 Å². The number of ether oxygens (including phenoxy) is 1. The topological polar surface area (TPSA) is 84.0 Å². The molecule has 0 bridgehead atoms. The van der Waals surface area contributed by atoms with Crippen LogP contribution in [0.4, 0.5) is 15.8 Å². The van der Waals surface area contributed by atoms with Crippen molar-refractivity contribution in [2.75, 3.05) is 23.5 Å². The average molecular weight is 410 g/mol. The van der Waals surface area contributed by atoms with E-state index < -0.39 is 40.8 Å². The first-order valence-corrected chi connectivity index (χ1v) is 9.51. The van der Waals surface area contributed by atoms with E-state index >= 15 is 0 Å². The summed E-state index contributed by atoms with van der Waals surface area (Å²) in [6, 6.07) is 11.5. The van der Waals surface area contributed by atoms with Gasteiger partial charge in [-0.2, -0.15) is 0 Å². The molecule has 0 aliphatic carbocycles. The Balaban J connectivity index is 1.87. The van der Waals surface area contributed by atoms with Crippen molar-refractivity contribution in [1.82, 2.24) is 0 Å². The number of para-hydroxylation sites is 1. The normalized spacial score (nSPS) is 23.2. The summed E-state index contributed by atoms with van der Waals surface area (Å²) >= 11 is 0. The number of imide groups is 1. The number of amides is 3. The van der Waals surface area contributed by atoms with Crippen LogP contribution in [0.3, 0.4) is 0 Å². The Bertz CT molecular complexity index is 1070. The number of carbonyl (C=O) groups excluding carboxylic acids is 4. The molecule has 4 rings (SSSR count). The number of hydrogen-bond acceptors (Lipinski definition) is 5. The number of hydrogen-bond donors (Lipinski definition) is 0. The molecule has 2 aromatic rings. The van der Waals surface area contributed by atoms with Crippen LogP contribution in [0.25, 0.3) is 0 Å². The highest BCUT2D eigenvalue weighted by molar-refractivity contribution is 6.29. The molecule has 2 aliphatic heterocycles. The molecule has 0 aromatic heterocycles. The van der Waals surface area contributed by atoms with Gasteiger partial charge in [0, 0.05) is 24.7 Å². The van der Waals surface area contributed by atoms with Gasteiger partial charge in [0.15, 0.2) is 5.41 Å². The van der Waals surface area contributed by atoms with Crippen LogP contribution in [0.15, 0.2) is 48.5 Å². The van der Waals surface area contributed by atoms with E-state index in [1.807, 2.05) is 0 Å². The van der Waals surface area contributed by atoms with Gasteiger partial charge in [-0.3, -0.25) is 24.1 Å². The van der Waals surface area contributed by atoms with E-state index in [0.717, 1.165) is 17.0 Å². The maximum Gasteiger partial charge on any atom is 0.327 e. The lowest BCUT2D eigenvalue weighted by Crippen LogP contribution is -2.54. The smallest absolute Gasteiger partial charge is 0.327 e. The van der Waals surface area contributed by atoms with E-state index in [1.165, 1.54) is 24.1 Å². The highest BCUT2D eigenvalue weighted by atomic mass is 19.1. The number of benzene rings is 2. The van der Waals surface area contributed by atoms with E-state index in [1.54, 1.807) is 31.2 Å². The number of likely N-dealkylation sites (N-methyl/N-ethyl adjacent to an activating group) is 1. The average Bonchev–Trinajstić information content (AvgIpc) is 3.15. The molecular formula is C22H19FN2O5. The first kappa shape index (κ1) is 19.8. The Morgan fingerprint density at radius 2 is 1.80 bits per heavy atom. The summed E-state index contributed by atoms with van der Waals surface area (Å²) in [5.41, 5.74) is -0.956. The molecule has 0 spiro atoms. The molecule has 8 heteroatoms. The number of esters is 1. The van der Waals surface area contributed by atoms with Crippen molar-refractivity contribution in [3.8, 4) is 0 Å². The summed E-state index contributed by atoms with van der Waals surface area (Å²) in [4.78, 5) is 55.0. The van der Waals surface area contributed by atoms with Crippen LogP contribution in [-0.4, -0.2) is 37.3 Å². The van der Waals surface area contributed by atoms with Crippen LogP contribution >= 0.6 is 0 Å². The number of nitrogens with zero attached hydrogens (tertiary/aromatic N) is 2. The van der Waals surface area contributed by atoms with Gasteiger partial charge in [0.2, 0.25) is 17.7 Å². The van der Waals surface area contributed by atoms with E-state index in [9.17, 15) is 23.6 Å². The minimum Gasteiger partial charge on any atom is -0.465 e. The lowest BCUT2D eigenvalue weighted by molar-refractivity contribution is -0.158. The zero-order chi connectivity index (χ0) is 21.6. The van der Waals surface area contributed by atoms with Crippen LogP contribution in [-0.2, 0) is 29.3 Å². The van der Waals surface area contributed by atoms with Crippen LogP contribution < -0.4 is 9.80 Å². The second kappa shape index (κ2) is 7.05. The van der Waals surface area contributed by atoms with Gasteiger partial charge < -0.3 is 9.64 Å². The Morgan fingerprint density at radius 3 is 2.47 bits per heavy atom. The monoisotopic (exact) mass is 410 g/mol. The number of rotatable bonds is 4. The van der Waals surface area contributed by atoms with Gasteiger partial charge in [-0.1, -0.05) is 18.2 Å². The van der Waals surface area contributed by atoms with Crippen LogP contribution in [0, 0.1) is 11.7 Å². The first-order valence-electron chi connectivity index (χ1n) is 9.51. The predicted octanol–water partition coefficient (Wildman–Crippen LogP) is 2.18. The molecule has 0 radical (unpaired) electrons. The Hall–Kier alpha value is -3.55. The van der Waals surface area contributed by atoms with Crippen molar-refractivity contribution in [3.05, 3.63) is 59.9 Å². The molecule has 2 atom stereocenters. The SMILES string of the molecule is CCOC(=O)[C@]1([C@@H]2CC(=O)N(c3ccc(F)cc3)C2=O)C(=O)N(C)c2ccccc21. The summed E-state index contributed by atoms with van der Waals surface area (Å²) in [6.07, 6.45) is -0.344. The molecule has 3 amide bonds. The van der Waals surface area contributed by atoms with Gasteiger partial charge in [-0.25, -0.2) is 4.39 Å². The molecule has 30 heavy (non-hydrogen) atoms. The summed E-state index contributed by atoms with van der Waals surface area (Å²) < 4.78 is 18.5. The van der Waals surface area contributed by atoms with Crippen LogP contribution in [0.5, 0.6) is 0 Å². The van der Waals surface area contributed by atoms with Crippen LogP contribution in [0.1, 0.15) is 18.9 Å². The van der Waals surface area contributed by atoms with Gasteiger partial charge in [-0.05, 0) is 37.3 Å². The molecule has 0 N–H and O–H groups in total. The van der Waals surface area contributed by atoms with Crippen molar-refractivity contribution in [3.63, 3.8) is 0 Å². The lowest BCUT2D eigenvalue weighted by Gasteiger charge is -2.30. The molecule has 154 valence electrons. The summed E-state index contributed by atoms with van der Waals surface area (Å²) in [7, 11) is 1.52. The van der Waals surface area contributed by atoms with Crippen molar-refractivity contribution in [2.24, 2.45) is 5.92 Å². The number of carbonyl (C=O) groups is 4. The van der Waals surface area contributed by atoms with Crippen molar-refractivity contribution >= 4 is 35.1 Å². The van der Waals surface area contributed by atoms with Crippen molar-refractivity contribution in [2.45, 2.75) is 18.8 Å². The molecule has 2 aromatic carbocycles. The standard InChI is InChI=1S/C22H19FN2O5/c1-3-30-21(29)22(15-6-4-5-7-17(15)24(2)20(22)28)16-12-18(26)25(19(16)27)14-10-8-13(23)9-11-14/h4-11,16H,3,12H2,1-2H3/t16-,22-/m1/s1. The van der Waals surface area contributed by atoms with Gasteiger partial charge >= 0.3 is 5.97 Å². The van der Waals surface area contributed by atoms with E-state index in [2.05, 4.69) is 0 Å². The van der Waals surface area contributed by atoms with Gasteiger partial charge in [0.25, 0.3) is 0 Å².